The van der Waals surface area contributed by atoms with Crippen LogP contribution in [0.4, 0.5) is 0 Å². The molecule has 0 radical (unpaired) electrons. The van der Waals surface area contributed by atoms with Crippen molar-refractivity contribution in [2.45, 2.75) is 25.8 Å². The molecule has 5 heteroatoms. The third-order valence-electron chi connectivity index (χ3n) is 3.53. The first-order valence-corrected chi connectivity index (χ1v) is 6.33. The molecule has 0 bridgehead atoms. The monoisotopic (exact) mass is 239 g/mol. The number of hydrogen-bond donors (Lipinski definition) is 2. The van der Waals surface area contributed by atoms with Crippen molar-refractivity contribution in [2.75, 3.05) is 26.7 Å². The average Bonchev–Trinajstić information content (AvgIpc) is 2.97. The van der Waals surface area contributed by atoms with Gasteiger partial charge in [0.05, 0.1) is 12.5 Å². The summed E-state index contributed by atoms with van der Waals surface area (Å²) in [6, 6.07) is 0.359. The molecule has 2 unspecified atom stereocenters. The van der Waals surface area contributed by atoms with Crippen LogP contribution in [0.3, 0.4) is 0 Å². The maximum Gasteiger partial charge on any atom is 0.239 e. The van der Waals surface area contributed by atoms with Crippen LogP contribution in [-0.2, 0) is 9.59 Å². The van der Waals surface area contributed by atoms with Crippen molar-refractivity contribution in [3.05, 3.63) is 0 Å². The fraction of sp³-hybridized carbons (Fsp3) is 0.833. The van der Waals surface area contributed by atoms with E-state index < -0.39 is 0 Å². The van der Waals surface area contributed by atoms with E-state index in [-0.39, 0.29) is 24.3 Å². The van der Waals surface area contributed by atoms with E-state index in [4.69, 9.17) is 0 Å². The maximum absolute atomic E-state index is 12.1. The number of hydrogen-bond acceptors (Lipinski definition) is 3. The number of nitrogens with one attached hydrogen (secondary N) is 2. The minimum absolute atomic E-state index is 0.0220. The molecule has 0 aromatic heterocycles. The molecule has 2 amide bonds. The maximum atomic E-state index is 12.1. The fourth-order valence-electron chi connectivity index (χ4n) is 2.22. The van der Waals surface area contributed by atoms with Crippen LogP contribution in [0.2, 0.25) is 0 Å². The molecular formula is C12H21N3O2. The highest BCUT2D eigenvalue weighted by Crippen LogP contribution is 2.19. The van der Waals surface area contributed by atoms with Crippen molar-refractivity contribution < 1.29 is 9.59 Å². The summed E-state index contributed by atoms with van der Waals surface area (Å²) in [7, 11) is 1.71. The van der Waals surface area contributed by atoms with Gasteiger partial charge in [-0.2, -0.15) is 0 Å². The van der Waals surface area contributed by atoms with Crippen molar-refractivity contribution in [1.29, 1.82) is 0 Å². The van der Waals surface area contributed by atoms with Crippen LogP contribution in [0.25, 0.3) is 0 Å². The van der Waals surface area contributed by atoms with Crippen LogP contribution in [0.1, 0.15) is 19.8 Å². The second kappa shape index (κ2) is 5.04. The van der Waals surface area contributed by atoms with Gasteiger partial charge in [-0.05, 0) is 25.3 Å². The van der Waals surface area contributed by atoms with Gasteiger partial charge in [-0.1, -0.05) is 6.92 Å². The zero-order chi connectivity index (χ0) is 12.4. The Bertz CT molecular complexity index is 315. The molecular weight excluding hydrogens is 218 g/mol. The molecule has 0 spiro atoms. The van der Waals surface area contributed by atoms with Crippen molar-refractivity contribution in [3.8, 4) is 0 Å². The molecule has 17 heavy (non-hydrogen) atoms. The molecule has 2 fully saturated rings. The van der Waals surface area contributed by atoms with Crippen LogP contribution >= 0.6 is 0 Å². The molecule has 1 aliphatic heterocycles. The predicted molar refractivity (Wildman–Crippen MR) is 64.3 cm³/mol. The fourth-order valence-corrected chi connectivity index (χ4v) is 2.22. The molecule has 1 saturated heterocycles. The predicted octanol–water partition coefficient (Wildman–Crippen LogP) is -0.421. The lowest BCUT2D eigenvalue weighted by Crippen LogP contribution is -2.43. The topological polar surface area (TPSA) is 61.4 Å². The van der Waals surface area contributed by atoms with Gasteiger partial charge in [0.2, 0.25) is 11.8 Å². The summed E-state index contributed by atoms with van der Waals surface area (Å²) >= 11 is 0. The molecule has 1 saturated carbocycles. The Morgan fingerprint density at radius 3 is 2.59 bits per heavy atom. The minimum atomic E-state index is -0.0399. The van der Waals surface area contributed by atoms with Crippen molar-refractivity contribution in [2.24, 2.45) is 11.8 Å². The van der Waals surface area contributed by atoms with Crippen molar-refractivity contribution >= 4 is 11.8 Å². The molecule has 2 rings (SSSR count). The van der Waals surface area contributed by atoms with Gasteiger partial charge in [-0.3, -0.25) is 9.59 Å². The Hall–Kier alpha value is -1.10. The zero-order valence-electron chi connectivity index (χ0n) is 10.5. The third-order valence-corrected chi connectivity index (χ3v) is 3.53. The number of carbonyl (C=O) groups excluding carboxylic acids is 2. The van der Waals surface area contributed by atoms with Crippen molar-refractivity contribution in [1.82, 2.24) is 15.5 Å². The zero-order valence-corrected chi connectivity index (χ0v) is 10.5. The van der Waals surface area contributed by atoms with E-state index in [9.17, 15) is 9.59 Å². The van der Waals surface area contributed by atoms with E-state index >= 15 is 0 Å². The molecule has 1 aliphatic carbocycles. The largest absolute Gasteiger partial charge is 0.352 e. The number of amides is 2. The second-order valence-corrected chi connectivity index (χ2v) is 5.28. The van der Waals surface area contributed by atoms with Gasteiger partial charge >= 0.3 is 0 Å². The lowest BCUT2D eigenvalue weighted by atomic mass is 9.97. The molecule has 2 atom stereocenters. The summed E-state index contributed by atoms with van der Waals surface area (Å²) in [6.07, 6.45) is 2.15. The van der Waals surface area contributed by atoms with E-state index in [1.54, 1.807) is 11.9 Å². The Kier molecular flexibility index (Phi) is 3.66. The van der Waals surface area contributed by atoms with Gasteiger partial charge in [0.15, 0.2) is 0 Å². The highest BCUT2D eigenvalue weighted by atomic mass is 16.2. The van der Waals surface area contributed by atoms with Crippen LogP contribution in [-0.4, -0.2) is 49.4 Å². The lowest BCUT2D eigenvalue weighted by molar-refractivity contribution is -0.138. The van der Waals surface area contributed by atoms with E-state index in [0.717, 1.165) is 25.9 Å². The molecule has 5 nitrogen and oxygen atoms in total. The molecule has 0 aromatic carbocycles. The first-order chi connectivity index (χ1) is 8.08. The van der Waals surface area contributed by atoms with Crippen molar-refractivity contribution in [3.63, 3.8) is 0 Å². The van der Waals surface area contributed by atoms with Crippen LogP contribution in [0, 0.1) is 11.8 Å². The number of rotatable bonds is 4. The molecule has 0 aromatic rings. The Balaban J connectivity index is 1.79. The molecule has 96 valence electrons. The number of nitrogens with zero attached hydrogens (tertiary/aromatic N) is 1. The normalized spacial score (nSPS) is 27.9. The van der Waals surface area contributed by atoms with Crippen LogP contribution in [0.5, 0.6) is 0 Å². The highest BCUT2D eigenvalue weighted by Gasteiger charge is 2.32. The van der Waals surface area contributed by atoms with Gasteiger partial charge in [-0.25, -0.2) is 0 Å². The Morgan fingerprint density at radius 1 is 1.35 bits per heavy atom. The van der Waals surface area contributed by atoms with Crippen LogP contribution < -0.4 is 10.6 Å². The number of carbonyl (C=O) groups is 2. The summed E-state index contributed by atoms with van der Waals surface area (Å²) in [5.41, 5.74) is 0. The van der Waals surface area contributed by atoms with Gasteiger partial charge in [-0.15, -0.1) is 0 Å². The average molecular weight is 239 g/mol. The molecule has 2 aliphatic rings. The van der Waals surface area contributed by atoms with E-state index in [1.165, 1.54) is 0 Å². The van der Waals surface area contributed by atoms with Crippen LogP contribution in [0.15, 0.2) is 0 Å². The molecule has 1 heterocycles. The van der Waals surface area contributed by atoms with Gasteiger partial charge in [0.1, 0.15) is 0 Å². The third kappa shape index (κ3) is 3.19. The second-order valence-electron chi connectivity index (χ2n) is 5.28. The minimum Gasteiger partial charge on any atom is -0.352 e. The summed E-state index contributed by atoms with van der Waals surface area (Å²) < 4.78 is 0. The van der Waals surface area contributed by atoms with Gasteiger partial charge in [0, 0.05) is 19.6 Å². The number of likely N-dealkylation sites (N-methyl/N-ethyl adjacent to an activating group) is 1. The Labute approximate surface area is 102 Å². The van der Waals surface area contributed by atoms with Gasteiger partial charge in [0.25, 0.3) is 0 Å². The first kappa shape index (κ1) is 12.4. The molecule has 2 N–H and O–H groups in total. The lowest BCUT2D eigenvalue weighted by Gasteiger charge is -2.22. The summed E-state index contributed by atoms with van der Waals surface area (Å²) in [4.78, 5) is 25.2. The Morgan fingerprint density at radius 2 is 2.06 bits per heavy atom. The van der Waals surface area contributed by atoms with E-state index in [1.807, 2.05) is 0 Å². The standard InChI is InChI=1S/C12H21N3O2/c1-8-5-13-6-10(8)12(17)15(2)7-11(16)14-9-3-4-9/h8-10,13H,3-7H2,1-2H3,(H,14,16). The summed E-state index contributed by atoms with van der Waals surface area (Å²) in [5.74, 6) is 0.417. The summed E-state index contributed by atoms with van der Waals surface area (Å²) in [5, 5.41) is 6.10. The van der Waals surface area contributed by atoms with E-state index in [0.29, 0.717) is 12.0 Å². The highest BCUT2D eigenvalue weighted by molar-refractivity contribution is 5.86. The van der Waals surface area contributed by atoms with Gasteiger partial charge < -0.3 is 15.5 Å². The van der Waals surface area contributed by atoms with E-state index in [2.05, 4.69) is 17.6 Å². The quantitative estimate of drug-likeness (QED) is 0.700. The SMILES string of the molecule is CC1CNCC1C(=O)N(C)CC(=O)NC1CC1. The first-order valence-electron chi connectivity index (χ1n) is 6.33. The smallest absolute Gasteiger partial charge is 0.239 e. The summed E-state index contributed by atoms with van der Waals surface area (Å²) in [6.45, 7) is 3.87.